The van der Waals surface area contributed by atoms with E-state index in [4.69, 9.17) is 4.42 Å². The van der Waals surface area contributed by atoms with Gasteiger partial charge in [0.1, 0.15) is 11.5 Å². The molecule has 1 aromatic carbocycles. The van der Waals surface area contributed by atoms with E-state index in [2.05, 4.69) is 65.4 Å². The minimum absolute atomic E-state index is 0.838. The molecule has 0 bridgehead atoms. The average molecular weight is 341 g/mol. The largest absolute Gasteiger partial charge is 0.463 e. The fourth-order valence-corrected chi connectivity index (χ4v) is 3.39. The van der Waals surface area contributed by atoms with Crippen LogP contribution in [0, 0.1) is 6.92 Å². The van der Waals surface area contributed by atoms with E-state index in [1.807, 2.05) is 0 Å². The highest BCUT2D eigenvalue weighted by Crippen LogP contribution is 2.17. The second-order valence-electron chi connectivity index (χ2n) is 7.03. The number of rotatable bonds is 8. The van der Waals surface area contributed by atoms with Gasteiger partial charge in [0, 0.05) is 32.7 Å². The Balaban J connectivity index is 1.45. The Morgan fingerprint density at radius 3 is 2.36 bits per heavy atom. The first-order valence-electron chi connectivity index (χ1n) is 9.52. The van der Waals surface area contributed by atoms with E-state index in [-0.39, 0.29) is 0 Å². The highest BCUT2D eigenvalue weighted by molar-refractivity contribution is 5.20. The van der Waals surface area contributed by atoms with Gasteiger partial charge in [-0.25, -0.2) is 0 Å². The number of aryl methyl sites for hydroxylation is 1. The van der Waals surface area contributed by atoms with Crippen molar-refractivity contribution >= 4 is 0 Å². The molecule has 2 aromatic rings. The summed E-state index contributed by atoms with van der Waals surface area (Å²) in [5, 5.41) is 3.42. The van der Waals surface area contributed by atoms with Crippen LogP contribution in [0.25, 0.3) is 0 Å². The molecule has 0 saturated carbocycles. The highest BCUT2D eigenvalue weighted by atomic mass is 16.3. The van der Waals surface area contributed by atoms with Crippen LogP contribution in [-0.4, -0.2) is 42.5 Å². The molecule has 0 unspecified atom stereocenters. The van der Waals surface area contributed by atoms with Crippen molar-refractivity contribution in [3.8, 4) is 0 Å². The minimum atomic E-state index is 0.838. The molecule has 0 atom stereocenters. The lowest BCUT2D eigenvalue weighted by Crippen LogP contribution is -2.45. The first kappa shape index (κ1) is 18.2. The van der Waals surface area contributed by atoms with Gasteiger partial charge in [0.2, 0.25) is 0 Å². The van der Waals surface area contributed by atoms with E-state index >= 15 is 0 Å². The summed E-state index contributed by atoms with van der Waals surface area (Å²) in [5.41, 5.74) is 2.67. The Morgan fingerprint density at radius 1 is 1.00 bits per heavy atom. The van der Waals surface area contributed by atoms with Crippen molar-refractivity contribution in [3.05, 3.63) is 59.0 Å². The smallest absolute Gasteiger partial charge is 0.120 e. The summed E-state index contributed by atoms with van der Waals surface area (Å²) < 4.78 is 6.07. The van der Waals surface area contributed by atoms with Crippen molar-refractivity contribution in [3.63, 3.8) is 0 Å². The quantitative estimate of drug-likeness (QED) is 0.746. The first-order valence-corrected chi connectivity index (χ1v) is 9.52. The number of furan rings is 1. The maximum absolute atomic E-state index is 6.07. The van der Waals surface area contributed by atoms with Crippen molar-refractivity contribution in [1.82, 2.24) is 15.1 Å². The molecule has 25 heavy (non-hydrogen) atoms. The maximum atomic E-state index is 6.07. The van der Waals surface area contributed by atoms with Crippen LogP contribution in [0.4, 0.5) is 0 Å². The van der Waals surface area contributed by atoms with Crippen LogP contribution in [0.5, 0.6) is 0 Å². The third-order valence-corrected chi connectivity index (χ3v) is 4.88. The zero-order valence-electron chi connectivity index (χ0n) is 15.6. The van der Waals surface area contributed by atoms with E-state index in [1.54, 1.807) is 0 Å². The summed E-state index contributed by atoms with van der Waals surface area (Å²) in [7, 11) is 0. The number of hydrogen-bond acceptors (Lipinski definition) is 4. The maximum Gasteiger partial charge on any atom is 0.120 e. The van der Waals surface area contributed by atoms with Gasteiger partial charge in [0.15, 0.2) is 0 Å². The predicted molar refractivity (Wildman–Crippen MR) is 102 cm³/mol. The zero-order valence-corrected chi connectivity index (χ0v) is 15.6. The molecule has 0 spiro atoms. The summed E-state index contributed by atoms with van der Waals surface area (Å²) in [6.07, 6.45) is 1.15. The average Bonchev–Trinajstić information content (AvgIpc) is 2.97. The molecule has 1 aliphatic rings. The van der Waals surface area contributed by atoms with Gasteiger partial charge in [0.25, 0.3) is 0 Å². The van der Waals surface area contributed by atoms with Gasteiger partial charge in [-0.3, -0.25) is 9.80 Å². The first-order chi connectivity index (χ1) is 12.2. The van der Waals surface area contributed by atoms with Gasteiger partial charge in [-0.2, -0.15) is 0 Å². The van der Waals surface area contributed by atoms with Gasteiger partial charge in [0.05, 0.1) is 13.1 Å². The number of piperazine rings is 1. The summed E-state index contributed by atoms with van der Waals surface area (Å²) in [6, 6.07) is 13.0. The molecular formula is C21H31N3O. The van der Waals surface area contributed by atoms with E-state index in [0.29, 0.717) is 0 Å². The van der Waals surface area contributed by atoms with Crippen molar-refractivity contribution in [2.75, 3.05) is 32.7 Å². The summed E-state index contributed by atoms with van der Waals surface area (Å²) in [5.74, 6) is 2.19. The molecule has 1 N–H and O–H groups in total. The topological polar surface area (TPSA) is 31.7 Å². The monoisotopic (exact) mass is 341 g/mol. The molecule has 1 aliphatic heterocycles. The van der Waals surface area contributed by atoms with Crippen LogP contribution in [0.15, 0.2) is 40.8 Å². The fourth-order valence-electron chi connectivity index (χ4n) is 3.39. The van der Waals surface area contributed by atoms with Crippen LogP contribution in [0.1, 0.15) is 36.0 Å². The van der Waals surface area contributed by atoms with Gasteiger partial charge >= 0.3 is 0 Å². The SMILES string of the molecule is CCCNCc1oc(CN2CCN(Cc3ccccc3)CC2)cc1C. The Hall–Kier alpha value is -1.62. The zero-order chi connectivity index (χ0) is 17.5. The van der Waals surface area contributed by atoms with Crippen LogP contribution >= 0.6 is 0 Å². The second kappa shape index (κ2) is 9.18. The van der Waals surface area contributed by atoms with Crippen molar-refractivity contribution in [2.45, 2.75) is 39.9 Å². The summed E-state index contributed by atoms with van der Waals surface area (Å²) >= 11 is 0. The number of nitrogens with zero attached hydrogens (tertiary/aromatic N) is 2. The molecule has 136 valence electrons. The fraction of sp³-hybridized carbons (Fsp3) is 0.524. The van der Waals surface area contributed by atoms with Crippen molar-refractivity contribution in [1.29, 1.82) is 0 Å². The Kier molecular flexibility index (Phi) is 6.68. The second-order valence-corrected chi connectivity index (χ2v) is 7.03. The number of hydrogen-bond donors (Lipinski definition) is 1. The van der Waals surface area contributed by atoms with Gasteiger partial charge in [-0.05, 0) is 37.1 Å². The summed E-state index contributed by atoms with van der Waals surface area (Å²) in [4.78, 5) is 5.04. The van der Waals surface area contributed by atoms with Gasteiger partial charge in [-0.1, -0.05) is 37.3 Å². The predicted octanol–water partition coefficient (Wildman–Crippen LogP) is 3.41. The molecule has 0 amide bonds. The van der Waals surface area contributed by atoms with E-state index < -0.39 is 0 Å². The Bertz CT molecular complexity index is 630. The summed E-state index contributed by atoms with van der Waals surface area (Å²) in [6.45, 7) is 12.7. The molecule has 4 heteroatoms. The third kappa shape index (κ3) is 5.43. The lowest BCUT2D eigenvalue weighted by Gasteiger charge is -2.34. The number of benzene rings is 1. The molecule has 2 heterocycles. The third-order valence-electron chi connectivity index (χ3n) is 4.88. The lowest BCUT2D eigenvalue weighted by molar-refractivity contribution is 0.115. The Labute approximate surface area is 151 Å². The van der Waals surface area contributed by atoms with Crippen LogP contribution in [-0.2, 0) is 19.6 Å². The van der Waals surface area contributed by atoms with Gasteiger partial charge < -0.3 is 9.73 Å². The minimum Gasteiger partial charge on any atom is -0.463 e. The molecule has 0 radical (unpaired) electrons. The number of nitrogens with one attached hydrogen (secondary N) is 1. The van der Waals surface area contributed by atoms with Crippen molar-refractivity contribution in [2.24, 2.45) is 0 Å². The van der Waals surface area contributed by atoms with Crippen LogP contribution < -0.4 is 5.32 Å². The van der Waals surface area contributed by atoms with Gasteiger partial charge in [-0.15, -0.1) is 0 Å². The molecule has 0 aliphatic carbocycles. The van der Waals surface area contributed by atoms with E-state index in [0.717, 1.165) is 70.3 Å². The molecule has 4 nitrogen and oxygen atoms in total. The molecular weight excluding hydrogens is 310 g/mol. The van der Waals surface area contributed by atoms with E-state index in [1.165, 1.54) is 11.1 Å². The highest BCUT2D eigenvalue weighted by Gasteiger charge is 2.18. The standard InChI is InChI=1S/C21H31N3O/c1-3-9-22-15-21-18(2)14-20(25-21)17-24-12-10-23(11-13-24)16-19-7-5-4-6-8-19/h4-8,14,22H,3,9-13,15-17H2,1-2H3. The molecule has 1 fully saturated rings. The molecule has 1 saturated heterocycles. The molecule has 3 rings (SSSR count). The van der Waals surface area contributed by atoms with Crippen LogP contribution in [0.2, 0.25) is 0 Å². The van der Waals surface area contributed by atoms with E-state index in [9.17, 15) is 0 Å². The van der Waals surface area contributed by atoms with Crippen molar-refractivity contribution < 1.29 is 4.42 Å². The lowest BCUT2D eigenvalue weighted by atomic mass is 10.2. The van der Waals surface area contributed by atoms with Crippen LogP contribution in [0.3, 0.4) is 0 Å². The molecule has 1 aromatic heterocycles. The Morgan fingerprint density at radius 2 is 1.68 bits per heavy atom. The normalized spacial score (nSPS) is 16.4.